The van der Waals surface area contributed by atoms with Gasteiger partial charge in [-0.2, -0.15) is 0 Å². The van der Waals surface area contributed by atoms with Gasteiger partial charge in [0.25, 0.3) is 5.91 Å². The lowest BCUT2D eigenvalue weighted by Gasteiger charge is -2.19. The number of nitrogens with zero attached hydrogens (tertiary/aromatic N) is 2. The fourth-order valence-electron chi connectivity index (χ4n) is 2.91. The molecule has 0 atom stereocenters. The molecule has 1 saturated heterocycles. The van der Waals surface area contributed by atoms with E-state index in [9.17, 15) is 4.79 Å². The van der Waals surface area contributed by atoms with Gasteiger partial charge in [-0.25, -0.2) is 4.98 Å². The molecule has 3 rings (SSSR count). The van der Waals surface area contributed by atoms with Crippen LogP contribution in [-0.2, 0) is 13.1 Å². The van der Waals surface area contributed by atoms with Gasteiger partial charge in [-0.1, -0.05) is 37.1 Å². The molecule has 1 aliphatic heterocycles. The summed E-state index contributed by atoms with van der Waals surface area (Å²) < 4.78 is 0. The van der Waals surface area contributed by atoms with Crippen molar-refractivity contribution < 1.29 is 4.79 Å². The number of hydrogen-bond acceptors (Lipinski definition) is 4. The van der Waals surface area contributed by atoms with Crippen LogP contribution >= 0.6 is 11.3 Å². The van der Waals surface area contributed by atoms with Crippen LogP contribution in [0, 0.1) is 0 Å². The lowest BCUT2D eigenvalue weighted by molar-refractivity contribution is 0.0946. The fraction of sp³-hybridized carbons (Fsp3) is 0.444. The molecule has 1 fully saturated rings. The van der Waals surface area contributed by atoms with Crippen LogP contribution < -0.4 is 5.32 Å². The first-order chi connectivity index (χ1) is 11.3. The van der Waals surface area contributed by atoms with Crippen LogP contribution in [-0.4, -0.2) is 28.9 Å². The van der Waals surface area contributed by atoms with Gasteiger partial charge in [-0.05, 0) is 37.1 Å². The number of carbonyl (C=O) groups is 1. The molecule has 0 saturated carbocycles. The zero-order valence-electron chi connectivity index (χ0n) is 13.3. The average molecular weight is 329 g/mol. The Morgan fingerprint density at radius 3 is 2.43 bits per heavy atom. The van der Waals surface area contributed by atoms with Crippen LogP contribution in [0.5, 0.6) is 0 Å². The Morgan fingerprint density at radius 2 is 1.78 bits per heavy atom. The maximum Gasteiger partial charge on any atom is 0.271 e. The van der Waals surface area contributed by atoms with Crippen LogP contribution in [0.25, 0.3) is 0 Å². The first-order valence-corrected chi connectivity index (χ1v) is 9.22. The number of likely N-dealkylation sites (tertiary alicyclic amines) is 1. The minimum atomic E-state index is -0.111. The largest absolute Gasteiger partial charge is 0.347 e. The molecule has 1 aliphatic rings. The second kappa shape index (κ2) is 8.22. The lowest BCUT2D eigenvalue weighted by atomic mass is 10.1. The fourth-order valence-corrected chi connectivity index (χ4v) is 3.44. The van der Waals surface area contributed by atoms with E-state index in [2.05, 4.69) is 39.5 Å². The molecule has 0 spiro atoms. The van der Waals surface area contributed by atoms with E-state index < -0.39 is 0 Å². The summed E-state index contributed by atoms with van der Waals surface area (Å²) in [4.78, 5) is 18.4. The summed E-state index contributed by atoms with van der Waals surface area (Å²) >= 11 is 1.43. The first-order valence-electron chi connectivity index (χ1n) is 8.28. The Balaban J connectivity index is 1.49. The molecule has 4 nitrogen and oxygen atoms in total. The summed E-state index contributed by atoms with van der Waals surface area (Å²) in [6.07, 6.45) is 5.38. The summed E-state index contributed by atoms with van der Waals surface area (Å²) in [5.74, 6) is -0.111. The van der Waals surface area contributed by atoms with Gasteiger partial charge in [0, 0.05) is 18.5 Å². The maximum atomic E-state index is 11.9. The van der Waals surface area contributed by atoms with Gasteiger partial charge in [-0.15, -0.1) is 11.3 Å². The van der Waals surface area contributed by atoms with Crippen LogP contribution in [0.4, 0.5) is 0 Å². The Bertz CT molecular complexity index is 602. The summed E-state index contributed by atoms with van der Waals surface area (Å²) in [5, 5.41) is 4.67. The van der Waals surface area contributed by atoms with E-state index in [4.69, 9.17) is 0 Å². The van der Waals surface area contributed by atoms with Crippen molar-refractivity contribution in [1.82, 2.24) is 15.2 Å². The Morgan fingerprint density at radius 1 is 1.09 bits per heavy atom. The first kappa shape index (κ1) is 16.1. The van der Waals surface area contributed by atoms with Crippen LogP contribution in [0.3, 0.4) is 0 Å². The Labute approximate surface area is 141 Å². The summed E-state index contributed by atoms with van der Waals surface area (Å²) in [6.45, 7) is 4.00. The SMILES string of the molecule is O=C(NCc1ccc(CN2CCCCCC2)cc1)c1cscn1. The second-order valence-electron chi connectivity index (χ2n) is 6.06. The van der Waals surface area contributed by atoms with Crippen molar-refractivity contribution in [2.24, 2.45) is 0 Å². The predicted octanol–water partition coefficient (Wildman–Crippen LogP) is 3.45. The standard InChI is InChI=1S/C18H23N3OS/c22-18(17-13-23-14-20-17)19-11-15-5-7-16(8-6-15)12-21-9-3-1-2-4-10-21/h5-8,13-14H,1-4,9-12H2,(H,19,22). The minimum absolute atomic E-state index is 0.111. The van der Waals surface area contributed by atoms with Gasteiger partial charge in [0.15, 0.2) is 0 Å². The third-order valence-corrected chi connectivity index (χ3v) is 4.83. The third kappa shape index (κ3) is 4.88. The summed E-state index contributed by atoms with van der Waals surface area (Å²) in [6, 6.07) is 8.56. The molecule has 1 aromatic carbocycles. The van der Waals surface area contributed by atoms with Crippen LogP contribution in [0.1, 0.15) is 47.3 Å². The molecule has 2 aromatic rings. The molecule has 0 aliphatic carbocycles. The highest BCUT2D eigenvalue weighted by molar-refractivity contribution is 7.07. The van der Waals surface area contributed by atoms with Gasteiger partial charge in [0.2, 0.25) is 0 Å². The normalized spacial score (nSPS) is 16.0. The van der Waals surface area contributed by atoms with E-state index in [-0.39, 0.29) is 5.91 Å². The monoisotopic (exact) mass is 329 g/mol. The van der Waals surface area contributed by atoms with Crippen molar-refractivity contribution in [1.29, 1.82) is 0 Å². The van der Waals surface area contributed by atoms with Crippen molar-refractivity contribution in [2.45, 2.75) is 38.8 Å². The lowest BCUT2D eigenvalue weighted by Crippen LogP contribution is -2.24. The third-order valence-electron chi connectivity index (χ3n) is 4.25. The van der Waals surface area contributed by atoms with Crippen molar-refractivity contribution in [3.05, 3.63) is 52.0 Å². The average Bonchev–Trinajstić information content (AvgIpc) is 3.00. The van der Waals surface area contributed by atoms with E-state index >= 15 is 0 Å². The van der Waals surface area contributed by atoms with Crippen molar-refractivity contribution in [3.8, 4) is 0 Å². The van der Waals surface area contributed by atoms with E-state index in [1.165, 1.54) is 55.7 Å². The number of nitrogens with one attached hydrogen (secondary N) is 1. The van der Waals surface area contributed by atoms with Gasteiger partial charge in [-0.3, -0.25) is 9.69 Å². The van der Waals surface area contributed by atoms with E-state index in [0.717, 1.165) is 12.1 Å². The highest BCUT2D eigenvalue weighted by atomic mass is 32.1. The van der Waals surface area contributed by atoms with Crippen molar-refractivity contribution in [2.75, 3.05) is 13.1 Å². The summed E-state index contributed by atoms with van der Waals surface area (Å²) in [5.41, 5.74) is 4.63. The Hall–Kier alpha value is -1.72. The van der Waals surface area contributed by atoms with Gasteiger partial charge < -0.3 is 5.32 Å². The predicted molar refractivity (Wildman–Crippen MR) is 93.5 cm³/mol. The molecule has 122 valence electrons. The molecule has 0 radical (unpaired) electrons. The molecular formula is C18H23N3OS. The van der Waals surface area contributed by atoms with Gasteiger partial charge in [0.1, 0.15) is 5.69 Å². The van der Waals surface area contributed by atoms with Crippen LogP contribution in [0.15, 0.2) is 35.2 Å². The number of aromatic nitrogens is 1. The number of amides is 1. The molecule has 23 heavy (non-hydrogen) atoms. The molecule has 0 unspecified atom stereocenters. The molecule has 1 N–H and O–H groups in total. The summed E-state index contributed by atoms with van der Waals surface area (Å²) in [7, 11) is 0. The maximum absolute atomic E-state index is 11.9. The van der Waals surface area contributed by atoms with Gasteiger partial charge >= 0.3 is 0 Å². The zero-order valence-corrected chi connectivity index (χ0v) is 14.1. The Kier molecular flexibility index (Phi) is 5.77. The molecular weight excluding hydrogens is 306 g/mol. The highest BCUT2D eigenvalue weighted by Gasteiger charge is 2.10. The van der Waals surface area contributed by atoms with E-state index in [0.29, 0.717) is 12.2 Å². The highest BCUT2D eigenvalue weighted by Crippen LogP contribution is 2.14. The number of rotatable bonds is 5. The second-order valence-corrected chi connectivity index (χ2v) is 6.78. The number of hydrogen-bond donors (Lipinski definition) is 1. The number of thiazole rings is 1. The van der Waals surface area contributed by atoms with Crippen molar-refractivity contribution >= 4 is 17.2 Å². The molecule has 1 amide bonds. The quantitative estimate of drug-likeness (QED) is 0.914. The smallest absolute Gasteiger partial charge is 0.271 e. The van der Waals surface area contributed by atoms with E-state index in [1.54, 1.807) is 10.9 Å². The molecule has 5 heteroatoms. The topological polar surface area (TPSA) is 45.2 Å². The number of carbonyl (C=O) groups excluding carboxylic acids is 1. The molecule has 2 heterocycles. The molecule has 1 aromatic heterocycles. The minimum Gasteiger partial charge on any atom is -0.347 e. The van der Waals surface area contributed by atoms with Crippen molar-refractivity contribution in [3.63, 3.8) is 0 Å². The van der Waals surface area contributed by atoms with Gasteiger partial charge in [0.05, 0.1) is 5.51 Å². The van der Waals surface area contributed by atoms with Crippen LogP contribution in [0.2, 0.25) is 0 Å². The number of benzene rings is 1. The zero-order chi connectivity index (χ0) is 15.9. The van der Waals surface area contributed by atoms with E-state index in [1.807, 2.05) is 0 Å². The molecule has 0 bridgehead atoms.